The molecule has 0 spiro atoms. The van der Waals surface area contributed by atoms with Crippen molar-refractivity contribution in [3.63, 3.8) is 0 Å². The lowest BCUT2D eigenvalue weighted by Gasteiger charge is -2.30. The van der Waals surface area contributed by atoms with Crippen LogP contribution in [0.5, 0.6) is 5.75 Å². The van der Waals surface area contributed by atoms with Gasteiger partial charge in [0.25, 0.3) is 0 Å². The maximum atomic E-state index is 13.9. The molecule has 2 aliphatic heterocycles. The number of halogens is 1. The summed E-state index contributed by atoms with van der Waals surface area (Å²) in [6, 6.07) is 23.3. The number of anilines is 2. The monoisotopic (exact) mass is 635 g/mol. The van der Waals surface area contributed by atoms with Crippen molar-refractivity contribution < 1.29 is 19.1 Å². The summed E-state index contributed by atoms with van der Waals surface area (Å²) in [4.78, 5) is 55.5. The van der Waals surface area contributed by atoms with Crippen LogP contribution in [0, 0.1) is 5.92 Å². The molecule has 0 saturated carbocycles. The Kier molecular flexibility index (Phi) is 7.11. The highest BCUT2D eigenvalue weighted by atomic mass is 79.9. The summed E-state index contributed by atoms with van der Waals surface area (Å²) in [6.07, 6.45) is 0. The number of carbonyl (C=O) groups excluding carboxylic acids is 3. The van der Waals surface area contributed by atoms with Gasteiger partial charge in [0.2, 0.25) is 17.7 Å². The van der Waals surface area contributed by atoms with Gasteiger partial charge < -0.3 is 10.1 Å². The quantitative estimate of drug-likeness (QED) is 0.296. The lowest BCUT2D eigenvalue weighted by atomic mass is 9.83. The van der Waals surface area contributed by atoms with Crippen LogP contribution in [0.4, 0.5) is 11.4 Å². The molecule has 1 N–H and O–H groups in total. The van der Waals surface area contributed by atoms with Gasteiger partial charge in [-0.25, -0.2) is 4.90 Å². The Bertz CT molecular complexity index is 1690. The molecule has 3 amide bonds. The molecule has 6 rings (SSSR count). The van der Waals surface area contributed by atoms with Gasteiger partial charge in [-0.05, 0) is 54.1 Å². The normalized spacial score (nSPS) is 19.8. The molecule has 8 nitrogen and oxygen atoms in total. The number of aromatic nitrogens is 1. The number of hydrogen-bond acceptors (Lipinski definition) is 7. The molecule has 3 aromatic carbocycles. The van der Waals surface area contributed by atoms with Gasteiger partial charge in [-0.2, -0.15) is 0 Å². The van der Waals surface area contributed by atoms with Gasteiger partial charge in [0.05, 0.1) is 23.7 Å². The number of thioether (sulfide) groups is 1. The highest BCUT2D eigenvalue weighted by molar-refractivity contribution is 9.10. The van der Waals surface area contributed by atoms with Crippen LogP contribution in [-0.2, 0) is 20.9 Å². The number of para-hydroxylation sites is 1. The lowest BCUT2D eigenvalue weighted by molar-refractivity contribution is -0.122. The summed E-state index contributed by atoms with van der Waals surface area (Å²) in [7, 11) is 1.56. The second-order valence-corrected chi connectivity index (χ2v) is 12.4. The number of benzene rings is 3. The van der Waals surface area contributed by atoms with Crippen molar-refractivity contribution in [1.82, 2.24) is 4.57 Å². The van der Waals surface area contributed by atoms with Crippen LogP contribution < -0.4 is 19.8 Å². The molecule has 3 heterocycles. The van der Waals surface area contributed by atoms with Crippen LogP contribution in [0.3, 0.4) is 0 Å². The fourth-order valence-corrected chi connectivity index (χ4v) is 8.35. The van der Waals surface area contributed by atoms with E-state index in [9.17, 15) is 19.2 Å². The SMILES string of the molecule is COc1ccc(NC(=O)Cn2c3c(sc2=O)[C@H](c2cccc(Br)c2)C2C(=O)N(c4ccccc4)C(=O)C2S3)cc1. The predicted molar refractivity (Wildman–Crippen MR) is 158 cm³/mol. The van der Waals surface area contributed by atoms with Crippen molar-refractivity contribution >= 4 is 68.1 Å². The van der Waals surface area contributed by atoms with E-state index in [2.05, 4.69) is 21.2 Å². The maximum absolute atomic E-state index is 13.9. The molecule has 1 fully saturated rings. The van der Waals surface area contributed by atoms with Gasteiger partial charge in [-0.1, -0.05) is 69.4 Å². The largest absolute Gasteiger partial charge is 0.497 e. The summed E-state index contributed by atoms with van der Waals surface area (Å²) in [5, 5.41) is 2.61. The Morgan fingerprint density at radius 1 is 0.975 bits per heavy atom. The number of carbonyl (C=O) groups is 3. The molecule has 0 bridgehead atoms. The predicted octanol–water partition coefficient (Wildman–Crippen LogP) is 5.12. The molecule has 1 saturated heterocycles. The zero-order valence-electron chi connectivity index (χ0n) is 21.1. The second kappa shape index (κ2) is 10.7. The highest BCUT2D eigenvalue weighted by Crippen LogP contribution is 2.54. The molecule has 202 valence electrons. The van der Waals surface area contributed by atoms with Crippen LogP contribution in [-0.4, -0.2) is 34.6 Å². The summed E-state index contributed by atoms with van der Waals surface area (Å²) in [5.41, 5.74) is 1.90. The van der Waals surface area contributed by atoms with E-state index < -0.39 is 17.1 Å². The van der Waals surface area contributed by atoms with Gasteiger partial charge in [0.1, 0.15) is 17.5 Å². The first kappa shape index (κ1) is 26.5. The summed E-state index contributed by atoms with van der Waals surface area (Å²) in [6.45, 7) is -0.225. The zero-order chi connectivity index (χ0) is 28.0. The van der Waals surface area contributed by atoms with E-state index in [1.54, 1.807) is 55.6 Å². The van der Waals surface area contributed by atoms with Crippen molar-refractivity contribution in [2.75, 3.05) is 17.3 Å². The number of ether oxygens (including phenoxy) is 1. The standard InChI is InChI=1S/C29H22BrN3O5S2/c1-38-20-12-10-18(11-13-20)31-21(34)15-32-28-25(40-29(32)37)22(16-6-5-7-17(30)14-16)23-24(39-28)27(36)33(26(23)35)19-8-3-2-4-9-19/h2-14,22-24H,15H2,1H3,(H,31,34)/t22-,23?,24?/m1/s1. The number of imide groups is 1. The fourth-order valence-electron chi connectivity index (χ4n) is 5.16. The molecule has 40 heavy (non-hydrogen) atoms. The lowest BCUT2D eigenvalue weighted by Crippen LogP contribution is -2.33. The minimum Gasteiger partial charge on any atom is -0.497 e. The van der Waals surface area contributed by atoms with E-state index in [0.29, 0.717) is 27.0 Å². The number of methoxy groups -OCH3 is 1. The Morgan fingerprint density at radius 2 is 1.73 bits per heavy atom. The van der Waals surface area contributed by atoms with E-state index in [1.807, 2.05) is 30.3 Å². The van der Waals surface area contributed by atoms with Crippen LogP contribution >= 0.6 is 39.0 Å². The van der Waals surface area contributed by atoms with Crippen molar-refractivity contribution in [2.45, 2.75) is 22.7 Å². The van der Waals surface area contributed by atoms with Gasteiger partial charge in [0.15, 0.2) is 0 Å². The second-order valence-electron chi connectivity index (χ2n) is 9.34. The number of thiazole rings is 1. The molecule has 0 radical (unpaired) electrons. The number of fused-ring (bicyclic) bond motifs is 2. The minimum absolute atomic E-state index is 0.225. The van der Waals surface area contributed by atoms with Crippen molar-refractivity contribution in [3.8, 4) is 5.75 Å². The summed E-state index contributed by atoms with van der Waals surface area (Å²) < 4.78 is 7.39. The van der Waals surface area contributed by atoms with E-state index in [4.69, 9.17) is 4.74 Å². The first-order chi connectivity index (χ1) is 19.4. The summed E-state index contributed by atoms with van der Waals surface area (Å²) >= 11 is 5.73. The Labute approximate surface area is 246 Å². The molecule has 4 aromatic rings. The van der Waals surface area contributed by atoms with E-state index >= 15 is 0 Å². The van der Waals surface area contributed by atoms with Gasteiger partial charge in [-0.15, -0.1) is 0 Å². The van der Waals surface area contributed by atoms with Gasteiger partial charge in [0, 0.05) is 21.0 Å². The van der Waals surface area contributed by atoms with Crippen LogP contribution in [0.25, 0.3) is 0 Å². The maximum Gasteiger partial charge on any atom is 0.308 e. The Hall–Kier alpha value is -3.67. The third-order valence-electron chi connectivity index (χ3n) is 6.95. The third-order valence-corrected chi connectivity index (χ3v) is 10.0. The van der Waals surface area contributed by atoms with Crippen LogP contribution in [0.1, 0.15) is 16.4 Å². The van der Waals surface area contributed by atoms with E-state index in [0.717, 1.165) is 21.4 Å². The number of hydrogen-bond donors (Lipinski definition) is 1. The van der Waals surface area contributed by atoms with Gasteiger partial charge in [-0.3, -0.25) is 23.7 Å². The first-order valence-corrected chi connectivity index (χ1v) is 14.9. The molecule has 2 aliphatic rings. The van der Waals surface area contributed by atoms with Crippen LogP contribution in [0.2, 0.25) is 0 Å². The van der Waals surface area contributed by atoms with Crippen molar-refractivity contribution in [3.05, 3.63) is 103 Å². The molecule has 3 atom stereocenters. The average molecular weight is 637 g/mol. The zero-order valence-corrected chi connectivity index (χ0v) is 24.3. The highest BCUT2D eigenvalue weighted by Gasteiger charge is 2.56. The molecule has 1 aromatic heterocycles. The number of nitrogens with zero attached hydrogens (tertiary/aromatic N) is 2. The number of nitrogens with one attached hydrogen (secondary N) is 1. The molecular weight excluding hydrogens is 614 g/mol. The topological polar surface area (TPSA) is 97.7 Å². The number of amides is 3. The minimum atomic E-state index is -0.742. The molecular formula is C29H22BrN3O5S2. The Morgan fingerprint density at radius 3 is 2.42 bits per heavy atom. The third kappa shape index (κ3) is 4.67. The van der Waals surface area contributed by atoms with Crippen molar-refractivity contribution in [2.24, 2.45) is 5.92 Å². The average Bonchev–Trinajstić information content (AvgIpc) is 3.40. The fraction of sp³-hybridized carbons (Fsp3) is 0.172. The molecule has 11 heteroatoms. The van der Waals surface area contributed by atoms with Crippen LogP contribution in [0.15, 0.2) is 93.2 Å². The van der Waals surface area contributed by atoms with E-state index in [-0.39, 0.29) is 29.1 Å². The smallest absolute Gasteiger partial charge is 0.308 e. The molecule has 0 aliphatic carbocycles. The summed E-state index contributed by atoms with van der Waals surface area (Å²) in [5.74, 6) is -1.56. The van der Waals surface area contributed by atoms with E-state index in [1.165, 1.54) is 21.2 Å². The van der Waals surface area contributed by atoms with Gasteiger partial charge >= 0.3 is 4.87 Å². The molecule has 2 unspecified atom stereocenters. The number of rotatable bonds is 6. The first-order valence-electron chi connectivity index (χ1n) is 12.4. The van der Waals surface area contributed by atoms with Crippen molar-refractivity contribution in [1.29, 1.82) is 0 Å². The Balaban J connectivity index is 1.39.